The monoisotopic (exact) mass is 291 g/mol. The molecule has 0 atom stereocenters. The van der Waals surface area contributed by atoms with Crippen LogP contribution in [0.3, 0.4) is 0 Å². The topological polar surface area (TPSA) is 46.0 Å². The predicted molar refractivity (Wildman–Crippen MR) is 84.1 cm³/mol. The number of fused-ring (bicyclic) bond motifs is 1. The van der Waals surface area contributed by atoms with Gasteiger partial charge in [0.25, 0.3) is 0 Å². The zero-order valence-corrected chi connectivity index (χ0v) is 13.4. The summed E-state index contributed by atoms with van der Waals surface area (Å²) in [6.45, 7) is 9.13. The molecule has 0 spiro atoms. The quantitative estimate of drug-likeness (QED) is 0.868. The summed E-state index contributed by atoms with van der Waals surface area (Å²) in [5.41, 5.74) is 0. The van der Waals surface area contributed by atoms with Crippen molar-refractivity contribution >= 4 is 0 Å². The minimum atomic E-state index is 0.849. The third kappa shape index (κ3) is 3.83. The van der Waals surface area contributed by atoms with E-state index in [1.165, 1.54) is 69.9 Å². The van der Waals surface area contributed by atoms with E-state index in [1.54, 1.807) is 0 Å². The van der Waals surface area contributed by atoms with Gasteiger partial charge < -0.3 is 9.88 Å². The predicted octanol–water partition coefficient (Wildman–Crippen LogP) is 1.83. The van der Waals surface area contributed by atoms with Gasteiger partial charge in [-0.2, -0.15) is 0 Å². The van der Waals surface area contributed by atoms with Crippen LogP contribution in [0.2, 0.25) is 0 Å². The fourth-order valence-electron chi connectivity index (χ4n) is 3.67. The molecule has 0 bridgehead atoms. The van der Waals surface area contributed by atoms with Gasteiger partial charge in [0, 0.05) is 19.5 Å². The first-order chi connectivity index (χ1) is 10.4. The number of aryl methyl sites for hydroxylation is 1. The molecular weight excluding hydrogens is 262 g/mol. The number of nitrogens with zero attached hydrogens (tertiary/aromatic N) is 4. The average Bonchev–Trinajstić information content (AvgIpc) is 2.92. The van der Waals surface area contributed by atoms with Crippen molar-refractivity contribution in [1.82, 2.24) is 25.0 Å². The summed E-state index contributed by atoms with van der Waals surface area (Å²) in [4.78, 5) is 2.60. The van der Waals surface area contributed by atoms with Crippen LogP contribution in [-0.2, 0) is 19.5 Å². The smallest absolute Gasteiger partial charge is 0.147 e. The molecule has 3 heterocycles. The summed E-state index contributed by atoms with van der Waals surface area (Å²) in [6, 6.07) is 0. The molecule has 21 heavy (non-hydrogen) atoms. The Kier molecular flexibility index (Phi) is 5.25. The van der Waals surface area contributed by atoms with Crippen molar-refractivity contribution in [2.45, 2.75) is 58.5 Å². The fraction of sp³-hybridized carbons (Fsp3) is 0.875. The Labute approximate surface area is 128 Å². The van der Waals surface area contributed by atoms with Crippen LogP contribution >= 0.6 is 0 Å². The highest BCUT2D eigenvalue weighted by molar-refractivity contribution is 4.99. The molecule has 0 amide bonds. The molecule has 1 fully saturated rings. The van der Waals surface area contributed by atoms with E-state index in [-0.39, 0.29) is 0 Å². The maximum atomic E-state index is 4.47. The zero-order chi connectivity index (χ0) is 14.5. The van der Waals surface area contributed by atoms with Crippen LogP contribution in [0.1, 0.15) is 50.7 Å². The highest BCUT2D eigenvalue weighted by atomic mass is 15.3. The Bertz CT molecular complexity index is 436. The summed E-state index contributed by atoms with van der Waals surface area (Å²) >= 11 is 0. The van der Waals surface area contributed by atoms with Gasteiger partial charge in [-0.15, -0.1) is 10.2 Å². The second-order valence-electron chi connectivity index (χ2n) is 6.57. The lowest BCUT2D eigenvalue weighted by Crippen LogP contribution is -2.37. The van der Waals surface area contributed by atoms with E-state index >= 15 is 0 Å². The number of piperidine rings is 1. The molecule has 118 valence electrons. The summed E-state index contributed by atoms with van der Waals surface area (Å²) in [5.74, 6) is 3.24. The van der Waals surface area contributed by atoms with Crippen LogP contribution in [-0.4, -0.2) is 45.8 Å². The molecule has 1 N–H and O–H groups in total. The fourth-order valence-corrected chi connectivity index (χ4v) is 3.67. The van der Waals surface area contributed by atoms with Crippen molar-refractivity contribution in [2.75, 3.05) is 26.2 Å². The van der Waals surface area contributed by atoms with Gasteiger partial charge >= 0.3 is 0 Å². The van der Waals surface area contributed by atoms with Gasteiger partial charge in [-0.05, 0) is 57.7 Å². The van der Waals surface area contributed by atoms with E-state index in [2.05, 4.69) is 31.9 Å². The number of nitrogens with one attached hydrogen (secondary N) is 1. The van der Waals surface area contributed by atoms with Crippen molar-refractivity contribution in [1.29, 1.82) is 0 Å². The molecule has 0 aromatic carbocycles. The summed E-state index contributed by atoms with van der Waals surface area (Å²) < 4.78 is 2.37. The largest absolute Gasteiger partial charge is 0.317 e. The highest BCUT2D eigenvalue weighted by Crippen LogP contribution is 2.18. The minimum Gasteiger partial charge on any atom is -0.317 e. The lowest BCUT2D eigenvalue weighted by atomic mass is 9.97. The summed E-state index contributed by atoms with van der Waals surface area (Å²) in [7, 11) is 0. The maximum absolute atomic E-state index is 4.47. The zero-order valence-electron chi connectivity index (χ0n) is 13.4. The molecule has 0 saturated carbocycles. The Morgan fingerprint density at radius 3 is 2.90 bits per heavy atom. The van der Waals surface area contributed by atoms with Crippen LogP contribution in [0.25, 0.3) is 0 Å². The Hall–Kier alpha value is -0.940. The van der Waals surface area contributed by atoms with Gasteiger partial charge in [0.15, 0.2) is 0 Å². The molecule has 0 aliphatic carbocycles. The van der Waals surface area contributed by atoms with Gasteiger partial charge in [-0.25, -0.2) is 0 Å². The first-order valence-electron chi connectivity index (χ1n) is 8.71. The van der Waals surface area contributed by atoms with E-state index in [1.807, 2.05) is 0 Å². The minimum absolute atomic E-state index is 0.849. The Morgan fingerprint density at radius 1 is 1.24 bits per heavy atom. The van der Waals surface area contributed by atoms with Crippen molar-refractivity contribution in [3.8, 4) is 0 Å². The lowest BCUT2D eigenvalue weighted by molar-refractivity contribution is 0.192. The van der Waals surface area contributed by atoms with Crippen LogP contribution in [0, 0.1) is 5.92 Å². The standard InChI is InChI=1S/C16H29N5/c1-2-10-20(12-14-6-8-17-9-7-14)13-16-19-18-15-5-3-4-11-21(15)16/h14,17H,2-13H2,1H3. The number of rotatable bonds is 6. The first kappa shape index (κ1) is 15.0. The molecule has 2 aliphatic heterocycles. The second kappa shape index (κ2) is 7.36. The number of hydrogen-bond donors (Lipinski definition) is 1. The van der Waals surface area contributed by atoms with Crippen molar-refractivity contribution in [2.24, 2.45) is 5.92 Å². The van der Waals surface area contributed by atoms with Crippen LogP contribution in [0.15, 0.2) is 0 Å². The molecule has 3 rings (SSSR count). The number of aromatic nitrogens is 3. The van der Waals surface area contributed by atoms with Crippen molar-refractivity contribution < 1.29 is 0 Å². The molecule has 1 saturated heterocycles. The van der Waals surface area contributed by atoms with E-state index < -0.39 is 0 Å². The van der Waals surface area contributed by atoms with Crippen molar-refractivity contribution in [3.05, 3.63) is 11.6 Å². The van der Waals surface area contributed by atoms with Gasteiger partial charge in [0.1, 0.15) is 11.6 Å². The third-order valence-electron chi connectivity index (χ3n) is 4.82. The Balaban J connectivity index is 1.62. The second-order valence-corrected chi connectivity index (χ2v) is 6.57. The first-order valence-corrected chi connectivity index (χ1v) is 8.71. The average molecular weight is 291 g/mol. The van der Waals surface area contributed by atoms with E-state index in [9.17, 15) is 0 Å². The SMILES string of the molecule is CCCN(Cc1nnc2n1CCCC2)CC1CCNCC1. The van der Waals surface area contributed by atoms with Gasteiger partial charge in [0.05, 0.1) is 6.54 Å². The van der Waals surface area contributed by atoms with Gasteiger partial charge in [0.2, 0.25) is 0 Å². The van der Waals surface area contributed by atoms with E-state index in [4.69, 9.17) is 0 Å². The van der Waals surface area contributed by atoms with Crippen LogP contribution in [0.4, 0.5) is 0 Å². The molecule has 0 radical (unpaired) electrons. The molecule has 2 aliphatic rings. The highest BCUT2D eigenvalue weighted by Gasteiger charge is 2.20. The maximum Gasteiger partial charge on any atom is 0.147 e. The molecule has 0 unspecified atom stereocenters. The summed E-state index contributed by atoms with van der Waals surface area (Å²) in [5, 5.41) is 12.3. The van der Waals surface area contributed by atoms with Crippen molar-refractivity contribution in [3.63, 3.8) is 0 Å². The Morgan fingerprint density at radius 2 is 2.10 bits per heavy atom. The van der Waals surface area contributed by atoms with Crippen LogP contribution < -0.4 is 5.32 Å². The van der Waals surface area contributed by atoms with Crippen LogP contribution in [0.5, 0.6) is 0 Å². The molecule has 1 aromatic heterocycles. The van der Waals surface area contributed by atoms with Gasteiger partial charge in [-0.3, -0.25) is 4.90 Å². The summed E-state index contributed by atoms with van der Waals surface area (Å²) in [6.07, 6.45) is 7.50. The number of hydrogen-bond acceptors (Lipinski definition) is 4. The van der Waals surface area contributed by atoms with E-state index in [0.717, 1.165) is 25.4 Å². The normalized spacial score (nSPS) is 19.9. The molecule has 1 aromatic rings. The molecule has 5 heteroatoms. The molecule has 5 nitrogen and oxygen atoms in total. The van der Waals surface area contributed by atoms with E-state index in [0.29, 0.717) is 0 Å². The molecular formula is C16H29N5. The third-order valence-corrected chi connectivity index (χ3v) is 4.82. The van der Waals surface area contributed by atoms with Gasteiger partial charge in [-0.1, -0.05) is 6.92 Å². The lowest BCUT2D eigenvalue weighted by Gasteiger charge is -2.30.